The number of nitrogens with one attached hydrogen (secondary N) is 2. The maximum Gasteiger partial charge on any atom is 0.244 e. The summed E-state index contributed by atoms with van der Waals surface area (Å²) in [4.78, 5) is 11.6. The van der Waals surface area contributed by atoms with E-state index in [9.17, 15) is 4.79 Å². The SMILES string of the molecule is CNCCCNC(=O)C(C)n1cccn1. The third-order valence-corrected chi connectivity index (χ3v) is 2.20. The van der Waals surface area contributed by atoms with Crippen molar-refractivity contribution in [2.45, 2.75) is 19.4 Å². The standard InChI is InChI=1S/C10H18N4O/c1-9(14-8-4-7-13-14)10(15)12-6-3-5-11-2/h4,7-9,11H,3,5-6H2,1-2H3,(H,12,15). The molecule has 0 aliphatic carbocycles. The third kappa shape index (κ3) is 3.71. The Labute approximate surface area is 89.9 Å². The van der Waals surface area contributed by atoms with Gasteiger partial charge in [0.15, 0.2) is 0 Å². The molecule has 0 aliphatic rings. The maximum atomic E-state index is 11.6. The Morgan fingerprint density at radius 1 is 1.53 bits per heavy atom. The van der Waals surface area contributed by atoms with Gasteiger partial charge < -0.3 is 10.6 Å². The normalized spacial score (nSPS) is 12.4. The fraction of sp³-hybridized carbons (Fsp3) is 0.600. The zero-order valence-electron chi connectivity index (χ0n) is 9.23. The molecular weight excluding hydrogens is 192 g/mol. The Kier molecular flexibility index (Phi) is 4.83. The molecule has 0 radical (unpaired) electrons. The molecule has 15 heavy (non-hydrogen) atoms. The first-order chi connectivity index (χ1) is 7.25. The molecule has 0 spiro atoms. The number of hydrogen-bond donors (Lipinski definition) is 2. The summed E-state index contributed by atoms with van der Waals surface area (Å²) in [5.41, 5.74) is 0. The van der Waals surface area contributed by atoms with Crippen molar-refractivity contribution >= 4 is 5.91 Å². The van der Waals surface area contributed by atoms with Gasteiger partial charge in [0.2, 0.25) is 5.91 Å². The smallest absolute Gasteiger partial charge is 0.244 e. The molecule has 1 heterocycles. The molecule has 0 bridgehead atoms. The fourth-order valence-corrected chi connectivity index (χ4v) is 1.25. The van der Waals surface area contributed by atoms with Crippen molar-refractivity contribution in [3.05, 3.63) is 18.5 Å². The van der Waals surface area contributed by atoms with E-state index < -0.39 is 0 Å². The minimum atomic E-state index is -0.241. The topological polar surface area (TPSA) is 58.9 Å². The number of amides is 1. The molecule has 1 atom stereocenters. The van der Waals surface area contributed by atoms with Gasteiger partial charge >= 0.3 is 0 Å². The van der Waals surface area contributed by atoms with Crippen LogP contribution in [0.15, 0.2) is 18.5 Å². The average Bonchev–Trinajstić information content (AvgIpc) is 2.76. The Morgan fingerprint density at radius 3 is 2.93 bits per heavy atom. The van der Waals surface area contributed by atoms with E-state index in [2.05, 4.69) is 15.7 Å². The summed E-state index contributed by atoms with van der Waals surface area (Å²) in [7, 11) is 1.90. The van der Waals surface area contributed by atoms with E-state index in [1.807, 2.05) is 20.0 Å². The van der Waals surface area contributed by atoms with Crippen LogP contribution in [0.4, 0.5) is 0 Å². The van der Waals surface area contributed by atoms with E-state index in [-0.39, 0.29) is 11.9 Å². The van der Waals surface area contributed by atoms with Crippen LogP contribution >= 0.6 is 0 Å². The largest absolute Gasteiger partial charge is 0.354 e. The predicted molar refractivity (Wildman–Crippen MR) is 58.5 cm³/mol. The van der Waals surface area contributed by atoms with Gasteiger partial charge in [-0.2, -0.15) is 5.10 Å². The number of carbonyl (C=O) groups excluding carboxylic acids is 1. The number of carbonyl (C=O) groups is 1. The van der Waals surface area contributed by atoms with Crippen LogP contribution in [0.25, 0.3) is 0 Å². The van der Waals surface area contributed by atoms with E-state index in [1.54, 1.807) is 17.1 Å². The lowest BCUT2D eigenvalue weighted by Gasteiger charge is -2.12. The van der Waals surface area contributed by atoms with Crippen molar-refractivity contribution in [2.24, 2.45) is 0 Å². The molecule has 0 aromatic carbocycles. The van der Waals surface area contributed by atoms with Gasteiger partial charge in [-0.3, -0.25) is 9.48 Å². The predicted octanol–water partition coefficient (Wildman–Crippen LogP) is 0.170. The van der Waals surface area contributed by atoms with Crippen LogP contribution in [-0.2, 0) is 4.79 Å². The van der Waals surface area contributed by atoms with Gasteiger partial charge in [0, 0.05) is 18.9 Å². The summed E-state index contributed by atoms with van der Waals surface area (Å²) in [5, 5.41) is 9.92. The maximum absolute atomic E-state index is 11.6. The third-order valence-electron chi connectivity index (χ3n) is 2.20. The van der Waals surface area contributed by atoms with Crippen molar-refractivity contribution in [2.75, 3.05) is 20.1 Å². The van der Waals surface area contributed by atoms with Crippen LogP contribution in [0.1, 0.15) is 19.4 Å². The van der Waals surface area contributed by atoms with Crippen molar-refractivity contribution in [3.8, 4) is 0 Å². The van der Waals surface area contributed by atoms with Gasteiger partial charge in [-0.05, 0) is 33.0 Å². The van der Waals surface area contributed by atoms with E-state index in [1.165, 1.54) is 0 Å². The molecule has 1 aromatic heterocycles. The Morgan fingerprint density at radius 2 is 2.33 bits per heavy atom. The van der Waals surface area contributed by atoms with Gasteiger partial charge in [0.25, 0.3) is 0 Å². The highest BCUT2D eigenvalue weighted by molar-refractivity contribution is 5.79. The van der Waals surface area contributed by atoms with Gasteiger partial charge in [0.05, 0.1) is 0 Å². The minimum absolute atomic E-state index is 0.00908. The summed E-state index contributed by atoms with van der Waals surface area (Å²) in [6.45, 7) is 3.45. The number of nitrogens with zero attached hydrogens (tertiary/aromatic N) is 2. The summed E-state index contributed by atoms with van der Waals surface area (Å²) < 4.78 is 1.65. The summed E-state index contributed by atoms with van der Waals surface area (Å²) in [5.74, 6) is 0.00908. The van der Waals surface area contributed by atoms with E-state index >= 15 is 0 Å². The molecule has 0 aliphatic heterocycles. The molecule has 84 valence electrons. The molecule has 1 aromatic rings. The highest BCUT2D eigenvalue weighted by Crippen LogP contribution is 2.02. The van der Waals surface area contributed by atoms with Gasteiger partial charge in [-0.25, -0.2) is 0 Å². The Hall–Kier alpha value is -1.36. The minimum Gasteiger partial charge on any atom is -0.354 e. The van der Waals surface area contributed by atoms with Crippen molar-refractivity contribution in [1.29, 1.82) is 0 Å². The van der Waals surface area contributed by atoms with Crippen molar-refractivity contribution < 1.29 is 4.79 Å². The summed E-state index contributed by atoms with van der Waals surface area (Å²) >= 11 is 0. The van der Waals surface area contributed by atoms with Crippen LogP contribution in [0.5, 0.6) is 0 Å². The molecule has 1 unspecified atom stereocenters. The zero-order chi connectivity index (χ0) is 11.1. The van der Waals surface area contributed by atoms with Gasteiger partial charge in [-0.15, -0.1) is 0 Å². The number of aromatic nitrogens is 2. The molecule has 1 amide bonds. The first-order valence-electron chi connectivity index (χ1n) is 5.17. The second kappa shape index (κ2) is 6.19. The molecule has 0 saturated heterocycles. The zero-order valence-corrected chi connectivity index (χ0v) is 9.23. The Bertz CT molecular complexity index is 284. The second-order valence-corrected chi connectivity index (χ2v) is 3.41. The van der Waals surface area contributed by atoms with E-state index in [0.717, 1.165) is 13.0 Å². The highest BCUT2D eigenvalue weighted by atomic mass is 16.2. The molecule has 5 heteroatoms. The molecule has 2 N–H and O–H groups in total. The van der Waals surface area contributed by atoms with Gasteiger partial charge in [-0.1, -0.05) is 0 Å². The molecule has 0 fully saturated rings. The van der Waals surface area contributed by atoms with E-state index in [0.29, 0.717) is 6.54 Å². The average molecular weight is 210 g/mol. The lowest BCUT2D eigenvalue weighted by atomic mass is 10.3. The number of hydrogen-bond acceptors (Lipinski definition) is 3. The van der Waals surface area contributed by atoms with Crippen LogP contribution < -0.4 is 10.6 Å². The van der Waals surface area contributed by atoms with Crippen LogP contribution in [0, 0.1) is 0 Å². The molecule has 1 rings (SSSR count). The lowest BCUT2D eigenvalue weighted by Crippen LogP contribution is -2.32. The molecule has 5 nitrogen and oxygen atoms in total. The second-order valence-electron chi connectivity index (χ2n) is 3.41. The van der Waals surface area contributed by atoms with Gasteiger partial charge in [0.1, 0.15) is 6.04 Å². The van der Waals surface area contributed by atoms with E-state index in [4.69, 9.17) is 0 Å². The van der Waals surface area contributed by atoms with Crippen molar-refractivity contribution in [3.63, 3.8) is 0 Å². The highest BCUT2D eigenvalue weighted by Gasteiger charge is 2.13. The monoisotopic (exact) mass is 210 g/mol. The summed E-state index contributed by atoms with van der Waals surface area (Å²) in [6, 6.07) is 1.57. The van der Waals surface area contributed by atoms with Crippen LogP contribution in [-0.4, -0.2) is 35.8 Å². The fourth-order valence-electron chi connectivity index (χ4n) is 1.25. The summed E-state index contributed by atoms with van der Waals surface area (Å²) in [6.07, 6.45) is 4.40. The molecule has 0 saturated carbocycles. The molecular formula is C10H18N4O. The van der Waals surface area contributed by atoms with Crippen LogP contribution in [0.2, 0.25) is 0 Å². The van der Waals surface area contributed by atoms with Crippen LogP contribution in [0.3, 0.4) is 0 Å². The first kappa shape index (κ1) is 11.7. The quantitative estimate of drug-likeness (QED) is 0.658. The Balaban J connectivity index is 2.28. The van der Waals surface area contributed by atoms with Crippen molar-refractivity contribution in [1.82, 2.24) is 20.4 Å². The first-order valence-corrected chi connectivity index (χ1v) is 5.17. The number of rotatable bonds is 6. The lowest BCUT2D eigenvalue weighted by molar-refractivity contribution is -0.124.